The van der Waals surface area contributed by atoms with Crippen molar-refractivity contribution < 1.29 is 13.3 Å². The van der Waals surface area contributed by atoms with Gasteiger partial charge < -0.3 is 5.32 Å². The first kappa shape index (κ1) is 18.9. The Balaban J connectivity index is 2.35. The summed E-state index contributed by atoms with van der Waals surface area (Å²) in [7, 11) is -3.80. The monoisotopic (exact) mass is 363 g/mol. The second-order valence-corrected chi connectivity index (χ2v) is 7.70. The molecule has 0 aromatic heterocycles. The van der Waals surface area contributed by atoms with Crippen molar-refractivity contribution in [1.29, 1.82) is 0 Å². The third kappa shape index (κ3) is 4.77. The van der Waals surface area contributed by atoms with Crippen molar-refractivity contribution in [3.05, 3.63) is 64.2 Å². The van der Waals surface area contributed by atoms with Gasteiger partial charge in [-0.2, -0.15) is 0 Å². The van der Waals surface area contributed by atoms with E-state index in [-0.39, 0.29) is 28.4 Å². The number of nitrogens with zero attached hydrogens (tertiary/aromatic N) is 1. The van der Waals surface area contributed by atoms with E-state index in [2.05, 4.69) is 10.0 Å². The highest BCUT2D eigenvalue weighted by Crippen LogP contribution is 2.30. The molecule has 0 bridgehead atoms. The zero-order chi connectivity index (χ0) is 18.6. The first-order valence-corrected chi connectivity index (χ1v) is 9.31. The highest BCUT2D eigenvalue weighted by Gasteiger charge is 2.22. The van der Waals surface area contributed by atoms with E-state index >= 15 is 0 Å². The van der Waals surface area contributed by atoms with Crippen LogP contribution in [0.1, 0.15) is 32.4 Å². The Kier molecular flexibility index (Phi) is 5.76. The molecule has 0 spiro atoms. The maximum absolute atomic E-state index is 12.2. The van der Waals surface area contributed by atoms with Gasteiger partial charge in [0, 0.05) is 18.2 Å². The van der Waals surface area contributed by atoms with Crippen molar-refractivity contribution in [1.82, 2.24) is 4.72 Å². The van der Waals surface area contributed by atoms with Crippen molar-refractivity contribution in [3.8, 4) is 0 Å². The largest absolute Gasteiger partial charge is 0.373 e. The molecule has 0 aliphatic rings. The number of rotatable bonds is 7. The first-order valence-electron chi connectivity index (χ1n) is 7.83. The van der Waals surface area contributed by atoms with Gasteiger partial charge in [0.05, 0.1) is 9.82 Å². The van der Waals surface area contributed by atoms with Gasteiger partial charge in [0.2, 0.25) is 10.0 Å². The van der Waals surface area contributed by atoms with E-state index in [1.807, 2.05) is 37.3 Å². The second-order valence-electron chi connectivity index (χ2n) is 5.99. The Bertz CT molecular complexity index is 851. The van der Waals surface area contributed by atoms with Gasteiger partial charge in [0.1, 0.15) is 5.69 Å². The van der Waals surface area contributed by atoms with Crippen molar-refractivity contribution in [2.45, 2.75) is 37.8 Å². The lowest BCUT2D eigenvalue weighted by atomic mass is 10.1. The van der Waals surface area contributed by atoms with Crippen molar-refractivity contribution in [2.75, 3.05) is 5.32 Å². The quantitative estimate of drug-likeness (QED) is 0.579. The van der Waals surface area contributed by atoms with Crippen molar-refractivity contribution in [3.63, 3.8) is 0 Å². The highest BCUT2D eigenvalue weighted by atomic mass is 32.2. The number of nitro benzene ring substituents is 1. The predicted molar refractivity (Wildman–Crippen MR) is 97.0 cm³/mol. The zero-order valence-corrected chi connectivity index (χ0v) is 15.1. The number of anilines is 1. The summed E-state index contributed by atoms with van der Waals surface area (Å²) >= 11 is 0. The minimum atomic E-state index is -3.80. The van der Waals surface area contributed by atoms with E-state index in [1.54, 1.807) is 13.8 Å². The molecule has 2 rings (SSSR count). The number of benzene rings is 2. The molecule has 0 aliphatic carbocycles. The van der Waals surface area contributed by atoms with E-state index in [9.17, 15) is 18.5 Å². The van der Waals surface area contributed by atoms with Gasteiger partial charge >= 0.3 is 0 Å². The summed E-state index contributed by atoms with van der Waals surface area (Å²) in [4.78, 5) is 10.7. The predicted octanol–water partition coefficient (Wildman–Crippen LogP) is 3.45. The fourth-order valence-corrected chi connectivity index (χ4v) is 3.66. The molecule has 8 heteroatoms. The van der Waals surface area contributed by atoms with E-state index < -0.39 is 14.9 Å². The maximum atomic E-state index is 12.2. The molecule has 0 radical (unpaired) electrons. The minimum absolute atomic E-state index is 0.134. The Labute approximate surface area is 147 Å². The van der Waals surface area contributed by atoms with Crippen LogP contribution in [-0.2, 0) is 10.0 Å². The SMILES string of the molecule is CC(C)NS(=O)(=O)c1ccc(N[C@@H](C)c2ccccc2)c([N+](=O)[O-])c1. The summed E-state index contributed by atoms with van der Waals surface area (Å²) in [6, 6.07) is 12.9. The number of hydrogen-bond acceptors (Lipinski definition) is 5. The van der Waals surface area contributed by atoms with Crippen LogP contribution >= 0.6 is 0 Å². The van der Waals surface area contributed by atoms with Crippen LogP contribution in [-0.4, -0.2) is 19.4 Å². The van der Waals surface area contributed by atoms with Crippen LogP contribution in [0, 0.1) is 10.1 Å². The summed E-state index contributed by atoms with van der Waals surface area (Å²) in [5.74, 6) is 0. The lowest BCUT2D eigenvalue weighted by Crippen LogP contribution is -2.30. The van der Waals surface area contributed by atoms with Crippen molar-refractivity contribution in [2.24, 2.45) is 0 Å². The van der Waals surface area contributed by atoms with E-state index in [0.717, 1.165) is 11.6 Å². The average molecular weight is 363 g/mol. The standard InChI is InChI=1S/C17H21N3O4S/c1-12(2)19-25(23,24)15-9-10-16(17(11-15)20(21)22)18-13(3)14-7-5-4-6-8-14/h4-13,18-19H,1-3H3/t13-/m0/s1. The molecule has 0 aliphatic heterocycles. The summed E-state index contributed by atoms with van der Waals surface area (Å²) < 4.78 is 26.9. The molecular formula is C17H21N3O4S. The maximum Gasteiger partial charge on any atom is 0.293 e. The first-order chi connectivity index (χ1) is 11.7. The molecule has 0 fully saturated rings. The van der Waals surface area contributed by atoms with Crippen LogP contribution in [0.3, 0.4) is 0 Å². The fourth-order valence-electron chi connectivity index (χ4n) is 2.39. The van der Waals surface area contributed by atoms with Gasteiger partial charge in [0.25, 0.3) is 5.69 Å². The summed E-state index contributed by atoms with van der Waals surface area (Å²) in [5.41, 5.74) is 0.953. The number of sulfonamides is 1. The van der Waals surface area contributed by atoms with Crippen LogP contribution in [0.4, 0.5) is 11.4 Å². The lowest BCUT2D eigenvalue weighted by molar-refractivity contribution is -0.384. The third-order valence-corrected chi connectivity index (χ3v) is 5.19. The molecule has 0 heterocycles. The molecule has 25 heavy (non-hydrogen) atoms. The van der Waals surface area contributed by atoms with Crippen LogP contribution in [0.2, 0.25) is 0 Å². The van der Waals surface area contributed by atoms with E-state index in [4.69, 9.17) is 0 Å². The lowest BCUT2D eigenvalue weighted by Gasteiger charge is -2.16. The topological polar surface area (TPSA) is 101 Å². The number of nitrogens with one attached hydrogen (secondary N) is 2. The minimum Gasteiger partial charge on any atom is -0.373 e. The van der Waals surface area contributed by atoms with Gasteiger partial charge in [-0.25, -0.2) is 13.1 Å². The van der Waals surface area contributed by atoms with E-state index in [1.165, 1.54) is 12.1 Å². The van der Waals surface area contributed by atoms with Gasteiger partial charge in [-0.1, -0.05) is 30.3 Å². The molecule has 0 unspecified atom stereocenters. The molecule has 7 nitrogen and oxygen atoms in total. The smallest absolute Gasteiger partial charge is 0.293 e. The molecule has 2 aromatic carbocycles. The van der Waals surface area contributed by atoms with Crippen LogP contribution < -0.4 is 10.0 Å². The molecule has 0 saturated carbocycles. The molecule has 2 N–H and O–H groups in total. The van der Waals surface area contributed by atoms with Gasteiger partial charge in [-0.3, -0.25) is 10.1 Å². The normalized spacial score (nSPS) is 12.8. The Morgan fingerprint density at radius 1 is 1.04 bits per heavy atom. The molecule has 1 atom stereocenters. The highest BCUT2D eigenvalue weighted by molar-refractivity contribution is 7.89. The Morgan fingerprint density at radius 3 is 2.24 bits per heavy atom. The molecule has 134 valence electrons. The number of nitro groups is 1. The zero-order valence-electron chi connectivity index (χ0n) is 14.3. The van der Waals surface area contributed by atoms with Gasteiger partial charge in [-0.05, 0) is 38.5 Å². The molecule has 2 aromatic rings. The molecule has 0 saturated heterocycles. The fraction of sp³-hybridized carbons (Fsp3) is 0.294. The third-order valence-electron chi connectivity index (χ3n) is 3.54. The summed E-state index contributed by atoms with van der Waals surface area (Å²) in [6.07, 6.45) is 0. The summed E-state index contributed by atoms with van der Waals surface area (Å²) in [5, 5.41) is 14.5. The summed E-state index contributed by atoms with van der Waals surface area (Å²) in [6.45, 7) is 5.25. The number of hydrogen-bond donors (Lipinski definition) is 2. The molecular weight excluding hydrogens is 342 g/mol. The van der Waals surface area contributed by atoms with Gasteiger partial charge in [-0.15, -0.1) is 0 Å². The second kappa shape index (κ2) is 7.62. The van der Waals surface area contributed by atoms with Crippen LogP contribution in [0.15, 0.2) is 53.4 Å². The Hall–Kier alpha value is -2.45. The Morgan fingerprint density at radius 2 is 1.68 bits per heavy atom. The van der Waals surface area contributed by atoms with Crippen LogP contribution in [0.25, 0.3) is 0 Å². The van der Waals surface area contributed by atoms with Crippen molar-refractivity contribution >= 4 is 21.4 Å². The average Bonchev–Trinajstić information content (AvgIpc) is 2.54. The van der Waals surface area contributed by atoms with E-state index in [0.29, 0.717) is 0 Å². The van der Waals surface area contributed by atoms with Crippen LogP contribution in [0.5, 0.6) is 0 Å². The van der Waals surface area contributed by atoms with Gasteiger partial charge in [0.15, 0.2) is 0 Å². The molecule has 0 amide bonds.